The Balaban J connectivity index is 1.81. The Hall–Kier alpha value is -3.56. The van der Waals surface area contributed by atoms with E-state index < -0.39 is 28.5 Å². The van der Waals surface area contributed by atoms with Gasteiger partial charge in [0, 0.05) is 18.1 Å². The van der Waals surface area contributed by atoms with E-state index in [4.69, 9.17) is 16.3 Å². The molecule has 2 amide bonds. The topological polar surface area (TPSA) is 96.0 Å². The van der Waals surface area contributed by atoms with Gasteiger partial charge in [0.25, 0.3) is 0 Å². The van der Waals surface area contributed by atoms with Gasteiger partial charge in [0.15, 0.2) is 0 Å². The number of anilines is 1. The first kappa shape index (κ1) is 31.0. The molecule has 0 bridgehead atoms. The fourth-order valence-corrected chi connectivity index (χ4v) is 5.04. The molecule has 0 aromatic heterocycles. The molecule has 10 heteroatoms. The summed E-state index contributed by atoms with van der Waals surface area (Å²) in [5, 5.41) is 3.30. The Morgan fingerprint density at radius 1 is 0.975 bits per heavy atom. The van der Waals surface area contributed by atoms with Crippen LogP contribution in [0.25, 0.3) is 0 Å². The maximum atomic E-state index is 13.7. The van der Waals surface area contributed by atoms with Crippen molar-refractivity contribution < 1.29 is 22.7 Å². The van der Waals surface area contributed by atoms with E-state index in [0.717, 1.165) is 29.0 Å². The maximum absolute atomic E-state index is 13.7. The number of hydrogen-bond acceptors (Lipinski definition) is 5. The quantitative estimate of drug-likeness (QED) is 0.268. The molecule has 0 spiro atoms. The number of halogens is 1. The molecule has 3 rings (SSSR count). The third-order valence-corrected chi connectivity index (χ3v) is 7.86. The van der Waals surface area contributed by atoms with E-state index in [0.29, 0.717) is 35.2 Å². The minimum Gasteiger partial charge on any atom is -0.489 e. The number of unbranched alkanes of at least 4 members (excludes halogenated alkanes) is 1. The fraction of sp³-hybridized carbons (Fsp3) is 0.333. The number of nitrogens with zero attached hydrogens (tertiary/aromatic N) is 2. The molecule has 214 valence electrons. The second-order valence-corrected chi connectivity index (χ2v) is 11.8. The molecule has 0 radical (unpaired) electrons. The summed E-state index contributed by atoms with van der Waals surface area (Å²) in [6, 6.07) is 22.4. The molecule has 3 aromatic rings. The fourth-order valence-electron chi connectivity index (χ4n) is 3.99. The van der Waals surface area contributed by atoms with Gasteiger partial charge in [-0.15, -0.1) is 0 Å². The lowest BCUT2D eigenvalue weighted by molar-refractivity contribution is -0.139. The van der Waals surface area contributed by atoms with Gasteiger partial charge in [-0.25, -0.2) is 8.42 Å². The van der Waals surface area contributed by atoms with Crippen molar-refractivity contribution in [2.75, 3.05) is 23.7 Å². The van der Waals surface area contributed by atoms with Crippen LogP contribution in [0, 0.1) is 0 Å². The zero-order valence-electron chi connectivity index (χ0n) is 23.0. The number of amides is 2. The van der Waals surface area contributed by atoms with Gasteiger partial charge in [-0.2, -0.15) is 0 Å². The highest BCUT2D eigenvalue weighted by Gasteiger charge is 2.30. The van der Waals surface area contributed by atoms with Crippen molar-refractivity contribution in [2.24, 2.45) is 0 Å². The number of ether oxygens (including phenoxy) is 1. The van der Waals surface area contributed by atoms with Crippen LogP contribution in [0.3, 0.4) is 0 Å². The molecule has 0 heterocycles. The largest absolute Gasteiger partial charge is 0.489 e. The van der Waals surface area contributed by atoms with Gasteiger partial charge in [-0.1, -0.05) is 73.5 Å². The molecule has 1 unspecified atom stereocenters. The molecule has 3 aromatic carbocycles. The molecule has 1 atom stereocenters. The van der Waals surface area contributed by atoms with Gasteiger partial charge in [0.2, 0.25) is 21.8 Å². The normalized spacial score (nSPS) is 11.9. The summed E-state index contributed by atoms with van der Waals surface area (Å²) in [7, 11) is -3.84. The summed E-state index contributed by atoms with van der Waals surface area (Å²) in [5.41, 5.74) is 1.96. The smallest absolute Gasteiger partial charge is 0.244 e. The van der Waals surface area contributed by atoms with Crippen LogP contribution in [-0.4, -0.2) is 50.5 Å². The van der Waals surface area contributed by atoms with Gasteiger partial charge in [-0.05, 0) is 54.8 Å². The second-order valence-electron chi connectivity index (χ2n) is 9.47. The van der Waals surface area contributed by atoms with E-state index in [1.807, 2.05) is 37.3 Å². The summed E-state index contributed by atoms with van der Waals surface area (Å²) >= 11 is 6.36. The monoisotopic (exact) mass is 585 g/mol. The Morgan fingerprint density at radius 3 is 2.25 bits per heavy atom. The third-order valence-electron chi connectivity index (χ3n) is 6.35. The number of carbonyl (C=O) groups excluding carboxylic acids is 2. The summed E-state index contributed by atoms with van der Waals surface area (Å²) in [6.07, 6.45) is 2.76. The number of rotatable bonds is 14. The minimum atomic E-state index is -3.84. The van der Waals surface area contributed by atoms with Crippen molar-refractivity contribution in [1.82, 2.24) is 10.2 Å². The summed E-state index contributed by atoms with van der Waals surface area (Å²) < 4.78 is 32.4. The standard InChI is InChI=1S/C30H36ClN3O5S/c1-4-5-19-32-30(36)23(2)33(20-25-13-9-10-14-28(25)31)29(35)21-34(40(3,37)38)26-15-17-27(18-16-26)39-22-24-11-7-6-8-12-24/h6-18,23H,4-5,19-22H2,1-3H3,(H,32,36). The molecule has 0 saturated heterocycles. The molecule has 0 aliphatic carbocycles. The lowest BCUT2D eigenvalue weighted by Crippen LogP contribution is -2.51. The lowest BCUT2D eigenvalue weighted by atomic mass is 10.1. The Bertz CT molecular complexity index is 1370. The average Bonchev–Trinajstić information content (AvgIpc) is 2.94. The molecular weight excluding hydrogens is 550 g/mol. The zero-order chi connectivity index (χ0) is 29.1. The van der Waals surface area contributed by atoms with Gasteiger partial charge in [-0.3, -0.25) is 13.9 Å². The van der Waals surface area contributed by atoms with Crippen LogP contribution in [0.5, 0.6) is 5.75 Å². The Kier molecular flexibility index (Phi) is 11.4. The summed E-state index contributed by atoms with van der Waals surface area (Å²) in [4.78, 5) is 27.9. The summed E-state index contributed by atoms with van der Waals surface area (Å²) in [6.45, 7) is 4.06. The summed E-state index contributed by atoms with van der Waals surface area (Å²) in [5.74, 6) is -0.294. The van der Waals surface area contributed by atoms with Crippen LogP contribution < -0.4 is 14.4 Å². The predicted octanol–water partition coefficient (Wildman–Crippen LogP) is 5.02. The first-order valence-corrected chi connectivity index (χ1v) is 15.4. The molecule has 1 N–H and O–H groups in total. The van der Waals surface area contributed by atoms with E-state index in [-0.39, 0.29) is 12.5 Å². The number of hydrogen-bond donors (Lipinski definition) is 1. The van der Waals surface area contributed by atoms with Crippen LogP contribution in [0.1, 0.15) is 37.8 Å². The Labute approximate surface area is 241 Å². The molecular formula is C30H36ClN3O5S. The minimum absolute atomic E-state index is 0.0464. The van der Waals surface area contributed by atoms with Crippen LogP contribution >= 0.6 is 11.6 Å². The van der Waals surface area contributed by atoms with Crippen LogP contribution in [0.4, 0.5) is 5.69 Å². The van der Waals surface area contributed by atoms with Crippen molar-refractivity contribution in [1.29, 1.82) is 0 Å². The predicted molar refractivity (Wildman–Crippen MR) is 159 cm³/mol. The van der Waals surface area contributed by atoms with Gasteiger partial charge >= 0.3 is 0 Å². The maximum Gasteiger partial charge on any atom is 0.244 e. The van der Waals surface area contributed by atoms with Crippen molar-refractivity contribution in [2.45, 2.75) is 45.9 Å². The Morgan fingerprint density at radius 2 is 1.62 bits per heavy atom. The van der Waals surface area contributed by atoms with E-state index in [1.54, 1.807) is 55.5 Å². The van der Waals surface area contributed by atoms with Crippen molar-refractivity contribution in [3.8, 4) is 5.75 Å². The number of nitrogens with one attached hydrogen (secondary N) is 1. The van der Waals surface area contributed by atoms with Crippen molar-refractivity contribution in [3.05, 3.63) is 95.0 Å². The van der Waals surface area contributed by atoms with Gasteiger partial charge < -0.3 is 15.0 Å². The number of carbonyl (C=O) groups is 2. The van der Waals surface area contributed by atoms with Crippen molar-refractivity contribution >= 4 is 39.1 Å². The zero-order valence-corrected chi connectivity index (χ0v) is 24.6. The third kappa shape index (κ3) is 8.99. The van der Waals surface area contributed by atoms with Gasteiger partial charge in [0.1, 0.15) is 24.9 Å². The average molecular weight is 586 g/mol. The van der Waals surface area contributed by atoms with E-state index in [2.05, 4.69) is 5.32 Å². The molecule has 0 fully saturated rings. The van der Waals surface area contributed by atoms with Gasteiger partial charge in [0.05, 0.1) is 11.9 Å². The number of benzene rings is 3. The molecule has 8 nitrogen and oxygen atoms in total. The van der Waals surface area contributed by atoms with Crippen LogP contribution in [0.2, 0.25) is 5.02 Å². The van der Waals surface area contributed by atoms with E-state index in [1.165, 1.54) is 4.90 Å². The van der Waals surface area contributed by atoms with E-state index >= 15 is 0 Å². The van der Waals surface area contributed by atoms with Crippen LogP contribution in [-0.2, 0) is 32.8 Å². The highest BCUT2D eigenvalue weighted by molar-refractivity contribution is 7.92. The SMILES string of the molecule is CCCCNC(=O)C(C)N(Cc1ccccc1Cl)C(=O)CN(c1ccc(OCc2ccccc2)cc1)S(C)(=O)=O. The van der Waals surface area contributed by atoms with Crippen molar-refractivity contribution in [3.63, 3.8) is 0 Å². The molecule has 0 aliphatic rings. The first-order valence-electron chi connectivity index (χ1n) is 13.1. The highest BCUT2D eigenvalue weighted by atomic mass is 35.5. The molecule has 40 heavy (non-hydrogen) atoms. The van der Waals surface area contributed by atoms with Crippen LogP contribution in [0.15, 0.2) is 78.9 Å². The molecule has 0 aliphatic heterocycles. The first-order chi connectivity index (χ1) is 19.1. The molecule has 0 saturated carbocycles. The van der Waals surface area contributed by atoms with E-state index in [9.17, 15) is 18.0 Å². The second kappa shape index (κ2) is 14.7. The highest BCUT2D eigenvalue weighted by Crippen LogP contribution is 2.24. The number of sulfonamides is 1. The lowest BCUT2D eigenvalue weighted by Gasteiger charge is -2.31.